The fraction of sp³-hybridized carbons (Fsp3) is 0.385. The van der Waals surface area contributed by atoms with Gasteiger partial charge >= 0.3 is 6.03 Å². The monoisotopic (exact) mass is 263 g/mol. The predicted octanol–water partition coefficient (Wildman–Crippen LogP) is 2.12. The highest BCUT2D eigenvalue weighted by molar-refractivity contribution is 7.80. The first-order valence-corrected chi connectivity index (χ1v) is 6.39. The number of fused-ring (bicyclic) bond motifs is 1. The molecule has 0 fully saturated rings. The second kappa shape index (κ2) is 5.35. The number of para-hydroxylation sites is 1. The minimum atomic E-state index is 0.0386. The van der Waals surface area contributed by atoms with E-state index in [2.05, 4.69) is 6.07 Å². The van der Waals surface area contributed by atoms with E-state index >= 15 is 0 Å². The van der Waals surface area contributed by atoms with Crippen molar-refractivity contribution in [2.75, 3.05) is 18.5 Å². The molecule has 5 heteroatoms. The van der Waals surface area contributed by atoms with Crippen LogP contribution < -0.4 is 10.6 Å². The normalized spacial score (nSPS) is 14.6. The molecule has 0 aromatic heterocycles. The first-order valence-electron chi connectivity index (χ1n) is 5.98. The van der Waals surface area contributed by atoms with Gasteiger partial charge in [0.05, 0.1) is 10.7 Å². The molecule has 1 aliphatic heterocycles. The van der Waals surface area contributed by atoms with Crippen molar-refractivity contribution in [3.63, 3.8) is 0 Å². The van der Waals surface area contributed by atoms with Crippen molar-refractivity contribution < 1.29 is 4.79 Å². The second-order valence-corrected chi connectivity index (χ2v) is 5.01. The third kappa shape index (κ3) is 2.61. The van der Waals surface area contributed by atoms with Crippen molar-refractivity contribution in [1.82, 2.24) is 4.90 Å². The Morgan fingerprint density at radius 1 is 1.44 bits per heavy atom. The number of benzene rings is 1. The Labute approximate surface area is 112 Å². The van der Waals surface area contributed by atoms with Crippen LogP contribution in [0.1, 0.15) is 18.4 Å². The standard InChI is InChI=1S/C13H17N3OS/c1-15-9-10-5-2-3-6-11(10)16(13(15)17)8-4-7-12(14)18/h2-3,5-6H,4,7-9H2,1H3,(H2,14,18). The maximum atomic E-state index is 12.2. The van der Waals surface area contributed by atoms with Crippen molar-refractivity contribution in [2.45, 2.75) is 19.4 Å². The average molecular weight is 263 g/mol. The number of hydrogen-bond acceptors (Lipinski definition) is 2. The summed E-state index contributed by atoms with van der Waals surface area (Å²) in [6.45, 7) is 1.32. The summed E-state index contributed by atoms with van der Waals surface area (Å²) in [6.07, 6.45) is 1.47. The molecule has 1 aromatic carbocycles. The summed E-state index contributed by atoms with van der Waals surface area (Å²) in [7, 11) is 1.82. The largest absolute Gasteiger partial charge is 0.393 e. The molecule has 0 unspecified atom stereocenters. The van der Waals surface area contributed by atoms with E-state index < -0.39 is 0 Å². The van der Waals surface area contributed by atoms with Gasteiger partial charge < -0.3 is 10.6 Å². The Morgan fingerprint density at radius 2 is 2.17 bits per heavy atom. The van der Waals surface area contributed by atoms with E-state index in [1.165, 1.54) is 5.56 Å². The summed E-state index contributed by atoms with van der Waals surface area (Å²) in [5.74, 6) is 0. The van der Waals surface area contributed by atoms with Crippen molar-refractivity contribution in [3.05, 3.63) is 29.8 Å². The lowest BCUT2D eigenvalue weighted by Gasteiger charge is -2.35. The van der Waals surface area contributed by atoms with Gasteiger partial charge in [0.1, 0.15) is 0 Å². The molecule has 0 radical (unpaired) electrons. The number of nitrogens with zero attached hydrogens (tertiary/aromatic N) is 2. The Kier molecular flexibility index (Phi) is 3.81. The molecule has 1 heterocycles. The smallest absolute Gasteiger partial charge is 0.324 e. The van der Waals surface area contributed by atoms with Crippen LogP contribution >= 0.6 is 12.2 Å². The Bertz CT molecular complexity index is 475. The van der Waals surface area contributed by atoms with Crippen LogP contribution in [-0.4, -0.2) is 29.5 Å². The van der Waals surface area contributed by atoms with E-state index in [0.29, 0.717) is 24.5 Å². The fourth-order valence-corrected chi connectivity index (χ4v) is 2.31. The number of carbonyl (C=O) groups excluding carboxylic acids is 1. The molecule has 0 atom stereocenters. The number of nitrogens with two attached hydrogens (primary N) is 1. The molecule has 2 N–H and O–H groups in total. The number of carbonyl (C=O) groups is 1. The third-order valence-corrected chi connectivity index (χ3v) is 3.26. The highest BCUT2D eigenvalue weighted by Crippen LogP contribution is 2.27. The van der Waals surface area contributed by atoms with Crippen LogP contribution in [0, 0.1) is 0 Å². The average Bonchev–Trinajstić information content (AvgIpc) is 2.33. The summed E-state index contributed by atoms with van der Waals surface area (Å²) in [6, 6.07) is 8.03. The van der Waals surface area contributed by atoms with Crippen molar-refractivity contribution >= 4 is 28.9 Å². The van der Waals surface area contributed by atoms with Crippen LogP contribution in [0.3, 0.4) is 0 Å². The highest BCUT2D eigenvalue weighted by Gasteiger charge is 2.26. The molecule has 1 aromatic rings. The van der Waals surface area contributed by atoms with Gasteiger partial charge in [0, 0.05) is 20.1 Å². The minimum absolute atomic E-state index is 0.0386. The molecule has 96 valence electrons. The van der Waals surface area contributed by atoms with Crippen LogP contribution in [0.5, 0.6) is 0 Å². The van der Waals surface area contributed by atoms with Gasteiger partial charge in [0.2, 0.25) is 0 Å². The van der Waals surface area contributed by atoms with Gasteiger partial charge in [-0.05, 0) is 24.5 Å². The van der Waals surface area contributed by atoms with Crippen LogP contribution in [-0.2, 0) is 6.54 Å². The minimum Gasteiger partial charge on any atom is -0.393 e. The molecule has 4 nitrogen and oxygen atoms in total. The SMILES string of the molecule is CN1Cc2ccccc2N(CCCC(N)=S)C1=O. The van der Waals surface area contributed by atoms with Gasteiger partial charge in [-0.1, -0.05) is 30.4 Å². The lowest BCUT2D eigenvalue weighted by atomic mass is 10.1. The summed E-state index contributed by atoms with van der Waals surface area (Å²) in [4.78, 5) is 16.2. The van der Waals surface area contributed by atoms with E-state index in [0.717, 1.165) is 12.1 Å². The van der Waals surface area contributed by atoms with Crippen molar-refractivity contribution in [2.24, 2.45) is 5.73 Å². The van der Waals surface area contributed by atoms with Crippen molar-refractivity contribution in [3.8, 4) is 0 Å². The zero-order valence-electron chi connectivity index (χ0n) is 10.4. The summed E-state index contributed by atoms with van der Waals surface area (Å²) >= 11 is 4.86. The zero-order valence-corrected chi connectivity index (χ0v) is 11.2. The number of amides is 2. The number of thiocarbonyl (C=S) groups is 1. The van der Waals surface area contributed by atoms with E-state index in [4.69, 9.17) is 18.0 Å². The lowest BCUT2D eigenvalue weighted by Crippen LogP contribution is -2.45. The van der Waals surface area contributed by atoms with E-state index in [-0.39, 0.29) is 6.03 Å². The zero-order chi connectivity index (χ0) is 13.1. The number of rotatable bonds is 4. The van der Waals surface area contributed by atoms with Crippen LogP contribution in [0.25, 0.3) is 0 Å². The van der Waals surface area contributed by atoms with Crippen LogP contribution in [0.15, 0.2) is 24.3 Å². The van der Waals surface area contributed by atoms with Gasteiger partial charge in [-0.25, -0.2) is 4.79 Å². The Morgan fingerprint density at radius 3 is 2.89 bits per heavy atom. The first-order chi connectivity index (χ1) is 8.59. The summed E-state index contributed by atoms with van der Waals surface area (Å²) in [5, 5.41) is 0. The molecule has 0 saturated heterocycles. The fourth-order valence-electron chi connectivity index (χ4n) is 2.17. The van der Waals surface area contributed by atoms with Crippen LogP contribution in [0.2, 0.25) is 0 Å². The van der Waals surface area contributed by atoms with Gasteiger partial charge in [-0.2, -0.15) is 0 Å². The Balaban J connectivity index is 2.16. The Hall–Kier alpha value is -1.62. The van der Waals surface area contributed by atoms with Gasteiger partial charge in [-0.3, -0.25) is 4.90 Å². The van der Waals surface area contributed by atoms with Crippen molar-refractivity contribution in [1.29, 1.82) is 0 Å². The predicted molar refractivity (Wildman–Crippen MR) is 76.7 cm³/mol. The number of anilines is 1. The number of urea groups is 1. The molecule has 18 heavy (non-hydrogen) atoms. The lowest BCUT2D eigenvalue weighted by molar-refractivity contribution is 0.210. The second-order valence-electron chi connectivity index (χ2n) is 4.49. The molecule has 2 amide bonds. The van der Waals surface area contributed by atoms with E-state index in [9.17, 15) is 4.79 Å². The maximum Gasteiger partial charge on any atom is 0.324 e. The van der Waals surface area contributed by atoms with Gasteiger partial charge in [0.15, 0.2) is 0 Å². The highest BCUT2D eigenvalue weighted by atomic mass is 32.1. The summed E-state index contributed by atoms with van der Waals surface area (Å²) < 4.78 is 0. The summed E-state index contributed by atoms with van der Waals surface area (Å²) in [5.41, 5.74) is 7.66. The molecule has 2 rings (SSSR count). The quantitative estimate of drug-likeness (QED) is 0.847. The first kappa shape index (κ1) is 12.8. The van der Waals surface area contributed by atoms with E-state index in [1.54, 1.807) is 9.80 Å². The topological polar surface area (TPSA) is 49.6 Å². The molecule has 1 aliphatic rings. The molecule has 0 saturated carbocycles. The molecular formula is C13H17N3OS. The van der Waals surface area contributed by atoms with Gasteiger partial charge in [0.25, 0.3) is 0 Å². The molecule has 0 spiro atoms. The number of hydrogen-bond donors (Lipinski definition) is 1. The van der Waals surface area contributed by atoms with Crippen LogP contribution in [0.4, 0.5) is 10.5 Å². The molecular weight excluding hydrogens is 246 g/mol. The third-order valence-electron chi connectivity index (χ3n) is 3.05. The maximum absolute atomic E-state index is 12.2. The van der Waals surface area contributed by atoms with Gasteiger partial charge in [-0.15, -0.1) is 0 Å². The van der Waals surface area contributed by atoms with E-state index in [1.807, 2.05) is 25.2 Å². The molecule has 0 bridgehead atoms. The molecule has 0 aliphatic carbocycles.